The smallest absolute Gasteiger partial charge is 0.243 e. The van der Waals surface area contributed by atoms with Crippen molar-refractivity contribution in [2.45, 2.75) is 23.9 Å². The number of H-pyrrole nitrogens is 1. The van der Waals surface area contributed by atoms with E-state index in [1.54, 1.807) is 13.8 Å². The van der Waals surface area contributed by atoms with Crippen molar-refractivity contribution in [3.63, 3.8) is 0 Å². The molecule has 0 fully saturated rings. The Morgan fingerprint density at radius 1 is 1.29 bits per heavy atom. The van der Waals surface area contributed by atoms with Gasteiger partial charge in [0.1, 0.15) is 9.80 Å². The highest BCUT2D eigenvalue weighted by molar-refractivity contribution is 7.94. The first-order chi connectivity index (χ1) is 9.70. The molecule has 2 N–H and O–H groups in total. The highest BCUT2D eigenvalue weighted by Gasteiger charge is 2.22. The van der Waals surface area contributed by atoms with Crippen LogP contribution in [0.4, 0.5) is 0 Å². The number of nitrogens with one attached hydrogen (secondary N) is 1. The number of rotatable bonds is 5. The standard InChI is InChI=1S/C12H17N3O4S2/c1-4-15(5-2)21(18,19)9-6-7-10-11(8-9)14-12(13-10)20(3,16)17/h6-8H,3-5H2,1-2H3,(H,13,14)(H,16,17). The molecule has 9 heteroatoms. The van der Waals surface area contributed by atoms with Crippen LogP contribution < -0.4 is 0 Å². The van der Waals surface area contributed by atoms with Gasteiger partial charge in [-0.25, -0.2) is 17.6 Å². The molecule has 2 rings (SSSR count). The Morgan fingerprint density at radius 3 is 2.43 bits per heavy atom. The van der Waals surface area contributed by atoms with Crippen molar-refractivity contribution in [2.24, 2.45) is 0 Å². The second kappa shape index (κ2) is 5.41. The molecule has 1 heterocycles. The van der Waals surface area contributed by atoms with Crippen LogP contribution in [-0.2, 0) is 19.8 Å². The van der Waals surface area contributed by atoms with E-state index in [-0.39, 0.29) is 10.1 Å². The lowest BCUT2D eigenvalue weighted by molar-refractivity contribution is 0.445. The molecule has 1 aromatic heterocycles. The Bertz CT molecular complexity index is 865. The van der Waals surface area contributed by atoms with Crippen molar-refractivity contribution in [3.05, 3.63) is 18.2 Å². The molecule has 1 atom stereocenters. The van der Waals surface area contributed by atoms with Crippen molar-refractivity contribution < 1.29 is 17.2 Å². The molecule has 0 aliphatic carbocycles. The molecule has 0 radical (unpaired) electrons. The Hall–Kier alpha value is -1.42. The highest BCUT2D eigenvalue weighted by atomic mass is 32.2. The third-order valence-corrected chi connectivity index (χ3v) is 5.92. The summed E-state index contributed by atoms with van der Waals surface area (Å²) >= 11 is 0. The van der Waals surface area contributed by atoms with Gasteiger partial charge in [0.25, 0.3) is 0 Å². The van der Waals surface area contributed by atoms with Crippen LogP contribution in [0.5, 0.6) is 0 Å². The van der Waals surface area contributed by atoms with E-state index in [1.807, 2.05) is 0 Å². The van der Waals surface area contributed by atoms with E-state index in [0.717, 1.165) is 0 Å². The van der Waals surface area contributed by atoms with Crippen molar-refractivity contribution >= 4 is 36.7 Å². The quantitative estimate of drug-likeness (QED) is 0.800. The summed E-state index contributed by atoms with van der Waals surface area (Å²) in [6.45, 7) is 4.26. The molecule has 2 aromatic rings. The maximum absolute atomic E-state index is 12.4. The number of nitrogens with zero attached hydrogens (tertiary/aromatic N) is 2. The van der Waals surface area contributed by atoms with E-state index in [1.165, 1.54) is 22.5 Å². The average Bonchev–Trinajstić information content (AvgIpc) is 2.82. The number of sulfonamides is 1. The van der Waals surface area contributed by atoms with Crippen LogP contribution in [0.1, 0.15) is 13.8 Å². The third kappa shape index (κ3) is 2.95. The van der Waals surface area contributed by atoms with Crippen LogP contribution in [0.2, 0.25) is 0 Å². The molecule has 7 nitrogen and oxygen atoms in total. The van der Waals surface area contributed by atoms with Crippen LogP contribution >= 0.6 is 0 Å². The van der Waals surface area contributed by atoms with Crippen molar-refractivity contribution in [1.82, 2.24) is 14.3 Å². The van der Waals surface area contributed by atoms with Gasteiger partial charge in [0.15, 0.2) is 0 Å². The molecule has 1 aromatic carbocycles. The van der Waals surface area contributed by atoms with E-state index in [9.17, 15) is 17.2 Å². The summed E-state index contributed by atoms with van der Waals surface area (Å²) in [4.78, 5) is 6.69. The van der Waals surface area contributed by atoms with Crippen molar-refractivity contribution in [3.8, 4) is 0 Å². The third-order valence-electron chi connectivity index (χ3n) is 3.08. The minimum atomic E-state index is -3.58. The fourth-order valence-corrected chi connectivity index (χ4v) is 3.98. The second-order valence-electron chi connectivity index (χ2n) is 4.45. The fourth-order valence-electron chi connectivity index (χ4n) is 1.99. The zero-order chi connectivity index (χ0) is 15.8. The number of aromatic nitrogens is 2. The van der Waals surface area contributed by atoms with E-state index < -0.39 is 19.8 Å². The SMILES string of the molecule is C=S(=O)(O)c1nc2ccc(S(=O)(=O)N(CC)CC)cc2[nH]1. The van der Waals surface area contributed by atoms with Gasteiger partial charge in [0.2, 0.25) is 15.2 Å². The number of aromatic amines is 1. The predicted octanol–water partition coefficient (Wildman–Crippen LogP) is 1.14. The van der Waals surface area contributed by atoms with E-state index in [0.29, 0.717) is 24.1 Å². The summed E-state index contributed by atoms with van der Waals surface area (Å²) in [5, 5.41) is -0.171. The maximum atomic E-state index is 12.4. The van der Waals surface area contributed by atoms with Gasteiger partial charge in [-0.2, -0.15) is 4.31 Å². The molecule has 0 spiro atoms. The molecule has 0 amide bonds. The lowest BCUT2D eigenvalue weighted by Crippen LogP contribution is -2.30. The molecule has 1 unspecified atom stereocenters. The number of hydrogen-bond acceptors (Lipinski definition) is 4. The van der Waals surface area contributed by atoms with Gasteiger partial charge in [-0.1, -0.05) is 13.8 Å². The molecule has 0 saturated heterocycles. The molecule has 116 valence electrons. The maximum Gasteiger partial charge on any atom is 0.243 e. The van der Waals surface area contributed by atoms with Gasteiger partial charge in [0.05, 0.1) is 15.9 Å². The largest absolute Gasteiger partial charge is 0.329 e. The Balaban J connectivity index is 2.58. The van der Waals surface area contributed by atoms with Gasteiger partial charge in [-0.05, 0) is 24.1 Å². The highest BCUT2D eigenvalue weighted by Crippen LogP contribution is 2.21. The monoisotopic (exact) mass is 331 g/mol. The molecule has 0 aliphatic rings. The summed E-state index contributed by atoms with van der Waals surface area (Å²) in [6.07, 6.45) is 0. The summed E-state index contributed by atoms with van der Waals surface area (Å²) in [5.41, 5.74) is 0.789. The van der Waals surface area contributed by atoms with Gasteiger partial charge in [0, 0.05) is 13.1 Å². The fraction of sp³-hybridized carbons (Fsp3) is 0.333. The number of hydrogen-bond donors (Lipinski definition) is 2. The zero-order valence-corrected chi connectivity index (χ0v) is 13.4. The van der Waals surface area contributed by atoms with Crippen LogP contribution in [0, 0.1) is 0 Å². The molecular formula is C12H17N3O4S2. The van der Waals surface area contributed by atoms with Crippen LogP contribution in [-0.4, -0.2) is 50.4 Å². The summed E-state index contributed by atoms with van der Waals surface area (Å²) < 4.78 is 47.0. The van der Waals surface area contributed by atoms with Crippen LogP contribution in [0.15, 0.2) is 28.3 Å². The second-order valence-corrected chi connectivity index (χ2v) is 8.06. The molecule has 0 aliphatic heterocycles. The summed E-state index contributed by atoms with van der Waals surface area (Å²) in [6, 6.07) is 4.34. The molecule has 0 saturated carbocycles. The first-order valence-electron chi connectivity index (χ1n) is 6.29. The molecular weight excluding hydrogens is 314 g/mol. The molecule has 0 bridgehead atoms. The number of fused-ring (bicyclic) bond motifs is 1. The summed E-state index contributed by atoms with van der Waals surface area (Å²) in [5.74, 6) is 3.12. The topological polar surface area (TPSA) is 103 Å². The van der Waals surface area contributed by atoms with E-state index in [2.05, 4.69) is 15.8 Å². The van der Waals surface area contributed by atoms with Crippen LogP contribution in [0.3, 0.4) is 0 Å². The van der Waals surface area contributed by atoms with Gasteiger partial charge < -0.3 is 9.54 Å². The van der Waals surface area contributed by atoms with Crippen molar-refractivity contribution in [1.29, 1.82) is 0 Å². The van der Waals surface area contributed by atoms with E-state index in [4.69, 9.17) is 0 Å². The Labute approximate surface area is 123 Å². The predicted molar refractivity (Wildman–Crippen MR) is 82.4 cm³/mol. The average molecular weight is 331 g/mol. The van der Waals surface area contributed by atoms with Gasteiger partial charge in [-0.15, -0.1) is 0 Å². The number of imidazole rings is 1. The van der Waals surface area contributed by atoms with Gasteiger partial charge >= 0.3 is 0 Å². The molecule has 21 heavy (non-hydrogen) atoms. The summed E-state index contributed by atoms with van der Waals surface area (Å²) in [7, 11) is -7.05. The minimum absolute atomic E-state index is 0.113. The van der Waals surface area contributed by atoms with Gasteiger partial charge in [-0.3, -0.25) is 0 Å². The minimum Gasteiger partial charge on any atom is -0.329 e. The van der Waals surface area contributed by atoms with Crippen LogP contribution in [0.25, 0.3) is 11.0 Å². The Morgan fingerprint density at radius 2 is 1.90 bits per heavy atom. The lowest BCUT2D eigenvalue weighted by Gasteiger charge is -2.18. The van der Waals surface area contributed by atoms with E-state index >= 15 is 0 Å². The lowest BCUT2D eigenvalue weighted by atomic mass is 10.3. The number of benzene rings is 1. The first-order valence-corrected chi connectivity index (χ1v) is 9.42. The van der Waals surface area contributed by atoms with Crippen molar-refractivity contribution in [2.75, 3.05) is 13.1 Å². The zero-order valence-electron chi connectivity index (χ0n) is 11.7. The normalized spacial score (nSPS) is 15.4. The first kappa shape index (κ1) is 16.0. The Kier molecular flexibility index (Phi) is 4.11.